The quantitative estimate of drug-likeness (QED) is 0.865. The van der Waals surface area contributed by atoms with Crippen molar-refractivity contribution < 1.29 is 19.0 Å². The lowest BCUT2D eigenvalue weighted by molar-refractivity contribution is 0.0695. The molecule has 1 atom stereocenters. The number of pyridine rings is 1. The summed E-state index contributed by atoms with van der Waals surface area (Å²) in [6.07, 6.45) is 3.15. The van der Waals surface area contributed by atoms with Gasteiger partial charge in [0.1, 0.15) is 11.3 Å². The van der Waals surface area contributed by atoms with Crippen molar-refractivity contribution in [2.45, 2.75) is 31.8 Å². The Morgan fingerprint density at radius 1 is 1.32 bits per heavy atom. The molecule has 4 rings (SSSR count). The van der Waals surface area contributed by atoms with Gasteiger partial charge in [-0.15, -0.1) is 0 Å². The molecule has 1 saturated carbocycles. The fourth-order valence-corrected chi connectivity index (χ4v) is 3.98. The van der Waals surface area contributed by atoms with Gasteiger partial charge in [-0.2, -0.15) is 0 Å². The van der Waals surface area contributed by atoms with Gasteiger partial charge in [0.15, 0.2) is 11.6 Å². The smallest absolute Gasteiger partial charge is 0.341 e. The molecular formula is C20H24FN3O4. The molecule has 1 saturated heterocycles. The second kappa shape index (κ2) is 6.77. The number of ether oxygens (including phenoxy) is 1. The Labute approximate surface area is 161 Å². The van der Waals surface area contributed by atoms with Gasteiger partial charge in [-0.1, -0.05) is 0 Å². The molecule has 1 aromatic carbocycles. The molecule has 150 valence electrons. The molecule has 2 aromatic rings. The van der Waals surface area contributed by atoms with E-state index in [9.17, 15) is 14.7 Å². The zero-order valence-corrected chi connectivity index (χ0v) is 16.2. The lowest BCUT2D eigenvalue weighted by Crippen LogP contribution is -2.50. The van der Waals surface area contributed by atoms with Crippen LogP contribution in [0.15, 0.2) is 17.1 Å². The number of hydrogen-bond acceptors (Lipinski definition) is 5. The van der Waals surface area contributed by atoms with Crippen molar-refractivity contribution in [2.24, 2.45) is 0 Å². The van der Waals surface area contributed by atoms with Crippen LogP contribution in [0.25, 0.3) is 10.9 Å². The molecule has 2 fully saturated rings. The van der Waals surface area contributed by atoms with Gasteiger partial charge in [-0.3, -0.25) is 4.79 Å². The number of benzene rings is 1. The van der Waals surface area contributed by atoms with Crippen LogP contribution < -0.4 is 15.1 Å². The van der Waals surface area contributed by atoms with Crippen LogP contribution in [0.3, 0.4) is 0 Å². The first kappa shape index (κ1) is 18.7. The highest BCUT2D eigenvalue weighted by molar-refractivity contribution is 5.97. The van der Waals surface area contributed by atoms with Crippen molar-refractivity contribution in [3.05, 3.63) is 33.9 Å². The summed E-state index contributed by atoms with van der Waals surface area (Å²) < 4.78 is 22.6. The average molecular weight is 389 g/mol. The third kappa shape index (κ3) is 2.92. The Morgan fingerprint density at radius 3 is 2.61 bits per heavy atom. The molecule has 2 aliphatic rings. The van der Waals surface area contributed by atoms with E-state index in [-0.39, 0.29) is 23.0 Å². The van der Waals surface area contributed by atoms with Crippen LogP contribution >= 0.6 is 0 Å². The number of fused-ring (bicyclic) bond motifs is 1. The van der Waals surface area contributed by atoms with E-state index in [0.29, 0.717) is 30.0 Å². The molecule has 1 aliphatic heterocycles. The van der Waals surface area contributed by atoms with Gasteiger partial charge in [-0.25, -0.2) is 9.18 Å². The summed E-state index contributed by atoms with van der Waals surface area (Å²) >= 11 is 0. The van der Waals surface area contributed by atoms with E-state index >= 15 is 4.39 Å². The average Bonchev–Trinajstić information content (AvgIpc) is 3.48. The summed E-state index contributed by atoms with van der Waals surface area (Å²) in [6, 6.07) is 1.51. The number of rotatable bonds is 4. The minimum Gasteiger partial charge on any atom is -0.492 e. The molecule has 0 spiro atoms. The summed E-state index contributed by atoms with van der Waals surface area (Å²) in [7, 11) is 3.50. The van der Waals surface area contributed by atoms with Gasteiger partial charge in [-0.05, 0) is 32.9 Å². The molecule has 0 unspecified atom stereocenters. The van der Waals surface area contributed by atoms with Crippen LogP contribution in [-0.2, 0) is 0 Å². The predicted molar refractivity (Wildman–Crippen MR) is 104 cm³/mol. The summed E-state index contributed by atoms with van der Waals surface area (Å²) in [5, 5.41) is 9.46. The zero-order chi connectivity index (χ0) is 20.2. The Hall–Kier alpha value is -2.61. The van der Waals surface area contributed by atoms with Crippen LogP contribution in [0, 0.1) is 5.82 Å². The molecule has 0 amide bonds. The van der Waals surface area contributed by atoms with Crippen molar-refractivity contribution in [1.29, 1.82) is 0 Å². The first-order valence-corrected chi connectivity index (χ1v) is 9.47. The van der Waals surface area contributed by atoms with Crippen molar-refractivity contribution in [3.63, 3.8) is 0 Å². The molecule has 28 heavy (non-hydrogen) atoms. The standard InChI is InChI=1S/C20H24FN3O4/c1-11-9-23(7-6-22(11)2)17-15(21)8-13-16(19(17)28-3)24(12-4-5-12)10-14(18(13)25)20(26)27/h8,10-12H,4-7,9H2,1-3H3,(H,26,27)/t11-/m0/s1. The molecule has 8 heteroatoms. The monoisotopic (exact) mass is 389 g/mol. The van der Waals surface area contributed by atoms with Gasteiger partial charge in [0.25, 0.3) is 0 Å². The fourth-order valence-electron chi connectivity index (χ4n) is 3.98. The van der Waals surface area contributed by atoms with Crippen molar-refractivity contribution in [2.75, 3.05) is 38.7 Å². The zero-order valence-electron chi connectivity index (χ0n) is 16.2. The van der Waals surface area contributed by atoms with Gasteiger partial charge in [0.05, 0.1) is 18.0 Å². The maximum atomic E-state index is 15.2. The first-order valence-electron chi connectivity index (χ1n) is 9.47. The minimum atomic E-state index is -1.31. The Morgan fingerprint density at radius 2 is 2.04 bits per heavy atom. The molecule has 0 radical (unpaired) electrons. The molecular weight excluding hydrogens is 365 g/mol. The number of aromatic nitrogens is 1. The van der Waals surface area contributed by atoms with E-state index in [1.54, 1.807) is 4.57 Å². The number of halogens is 1. The number of likely N-dealkylation sites (N-methyl/N-ethyl adjacent to an activating group) is 1. The molecule has 2 heterocycles. The third-order valence-electron chi connectivity index (χ3n) is 5.85. The van der Waals surface area contributed by atoms with Crippen LogP contribution in [0.1, 0.15) is 36.2 Å². The van der Waals surface area contributed by atoms with Gasteiger partial charge in [0, 0.05) is 37.9 Å². The number of nitrogens with zero attached hydrogens (tertiary/aromatic N) is 3. The van der Waals surface area contributed by atoms with Gasteiger partial charge in [0.2, 0.25) is 5.43 Å². The van der Waals surface area contributed by atoms with E-state index in [0.717, 1.165) is 19.4 Å². The Kier molecular flexibility index (Phi) is 4.53. The number of piperazine rings is 1. The van der Waals surface area contributed by atoms with E-state index in [1.807, 2.05) is 11.9 Å². The number of carbonyl (C=O) groups is 1. The van der Waals surface area contributed by atoms with Gasteiger partial charge < -0.3 is 24.2 Å². The van der Waals surface area contributed by atoms with Crippen molar-refractivity contribution >= 4 is 22.6 Å². The number of carboxylic acids is 1. The minimum absolute atomic E-state index is 0.0482. The van der Waals surface area contributed by atoms with E-state index in [1.165, 1.54) is 19.4 Å². The maximum absolute atomic E-state index is 15.2. The normalized spacial score (nSPS) is 20.6. The number of methoxy groups -OCH3 is 1. The summed E-state index contributed by atoms with van der Waals surface area (Å²) in [4.78, 5) is 28.4. The van der Waals surface area contributed by atoms with Crippen LogP contribution in [0.4, 0.5) is 10.1 Å². The van der Waals surface area contributed by atoms with Crippen LogP contribution in [-0.4, -0.2) is 60.4 Å². The number of anilines is 1. The van der Waals surface area contributed by atoms with Crippen LogP contribution in [0.2, 0.25) is 0 Å². The molecule has 1 aromatic heterocycles. The largest absolute Gasteiger partial charge is 0.492 e. The molecule has 1 N–H and O–H groups in total. The SMILES string of the molecule is COc1c(N2CCN(C)[C@@H](C)C2)c(F)cc2c(=O)c(C(=O)O)cn(C3CC3)c12. The predicted octanol–water partition coefficient (Wildman–Crippen LogP) is 2.32. The second-order valence-corrected chi connectivity index (χ2v) is 7.73. The van der Waals surface area contributed by atoms with Crippen LogP contribution in [0.5, 0.6) is 5.75 Å². The molecule has 1 aliphatic carbocycles. The molecule has 7 nitrogen and oxygen atoms in total. The van der Waals surface area contributed by atoms with Crippen molar-refractivity contribution in [1.82, 2.24) is 9.47 Å². The number of hydrogen-bond donors (Lipinski definition) is 1. The summed E-state index contributed by atoms with van der Waals surface area (Å²) in [6.45, 7) is 4.14. The second-order valence-electron chi connectivity index (χ2n) is 7.73. The maximum Gasteiger partial charge on any atom is 0.341 e. The fraction of sp³-hybridized carbons (Fsp3) is 0.500. The van der Waals surface area contributed by atoms with Crippen molar-refractivity contribution in [3.8, 4) is 5.75 Å². The first-order chi connectivity index (χ1) is 13.3. The highest BCUT2D eigenvalue weighted by Crippen LogP contribution is 2.43. The molecule has 0 bridgehead atoms. The Bertz CT molecular complexity index is 1010. The van der Waals surface area contributed by atoms with E-state index in [2.05, 4.69) is 11.8 Å². The number of carboxylic acid groups (broad SMARTS) is 1. The summed E-state index contributed by atoms with van der Waals surface area (Å²) in [5.41, 5.74) is -0.216. The highest BCUT2D eigenvalue weighted by Gasteiger charge is 2.32. The third-order valence-corrected chi connectivity index (χ3v) is 5.85. The van der Waals surface area contributed by atoms with E-state index in [4.69, 9.17) is 4.74 Å². The number of aromatic carboxylic acids is 1. The lowest BCUT2D eigenvalue weighted by Gasteiger charge is -2.39. The lowest BCUT2D eigenvalue weighted by atomic mass is 10.1. The van der Waals surface area contributed by atoms with Gasteiger partial charge >= 0.3 is 5.97 Å². The topological polar surface area (TPSA) is 75.0 Å². The highest BCUT2D eigenvalue weighted by atomic mass is 19.1. The Balaban J connectivity index is 1.99. The summed E-state index contributed by atoms with van der Waals surface area (Å²) in [5.74, 6) is -1.58. The van der Waals surface area contributed by atoms with E-state index < -0.39 is 17.2 Å².